The second kappa shape index (κ2) is 10.0. The predicted molar refractivity (Wildman–Crippen MR) is 114 cm³/mol. The molecule has 0 spiro atoms. The Morgan fingerprint density at radius 3 is 2.48 bits per heavy atom. The van der Waals surface area contributed by atoms with Crippen molar-refractivity contribution < 1.29 is 9.47 Å². The number of aromatic nitrogens is 2. The van der Waals surface area contributed by atoms with Crippen LogP contribution in [0.2, 0.25) is 0 Å². The van der Waals surface area contributed by atoms with Crippen molar-refractivity contribution in [3.05, 3.63) is 47.8 Å². The first kappa shape index (κ1) is 20.1. The zero-order chi connectivity index (χ0) is 19.9. The molecule has 6 nitrogen and oxygen atoms in total. The van der Waals surface area contributed by atoms with Gasteiger partial charge in [-0.3, -0.25) is 4.90 Å². The van der Waals surface area contributed by atoms with E-state index < -0.39 is 0 Å². The fraction of sp³-hybridized carbons (Fsp3) is 0.565. The molecule has 0 aliphatic carbocycles. The molecule has 6 heteroatoms. The quantitative estimate of drug-likeness (QED) is 0.717. The highest BCUT2D eigenvalue weighted by molar-refractivity contribution is 5.33. The normalized spacial score (nSPS) is 18.7. The summed E-state index contributed by atoms with van der Waals surface area (Å²) in [6.07, 6.45) is 8.86. The maximum atomic E-state index is 5.49. The van der Waals surface area contributed by atoms with Gasteiger partial charge in [-0.15, -0.1) is 0 Å². The van der Waals surface area contributed by atoms with Crippen LogP contribution in [0.1, 0.15) is 30.4 Å². The highest BCUT2D eigenvalue weighted by atomic mass is 16.5. The fourth-order valence-corrected chi connectivity index (χ4v) is 4.32. The van der Waals surface area contributed by atoms with Crippen molar-refractivity contribution in [3.8, 4) is 5.75 Å². The van der Waals surface area contributed by atoms with Crippen molar-refractivity contribution >= 4 is 5.95 Å². The summed E-state index contributed by atoms with van der Waals surface area (Å²) in [7, 11) is 1.76. The zero-order valence-corrected chi connectivity index (χ0v) is 17.4. The number of hydrogen-bond acceptors (Lipinski definition) is 6. The Labute approximate surface area is 173 Å². The highest BCUT2D eigenvalue weighted by Crippen LogP contribution is 2.26. The Bertz CT molecular complexity index is 754. The van der Waals surface area contributed by atoms with E-state index in [1.54, 1.807) is 7.11 Å². The monoisotopic (exact) mass is 396 g/mol. The average molecular weight is 397 g/mol. The number of para-hydroxylation sites is 1. The number of ether oxygens (including phenoxy) is 2. The van der Waals surface area contributed by atoms with Crippen molar-refractivity contribution in [3.63, 3.8) is 0 Å². The minimum absolute atomic E-state index is 0.761. The van der Waals surface area contributed by atoms with Crippen LogP contribution in [0.25, 0.3) is 0 Å². The van der Waals surface area contributed by atoms with E-state index in [1.807, 2.05) is 18.5 Å². The first-order valence-corrected chi connectivity index (χ1v) is 10.8. The van der Waals surface area contributed by atoms with E-state index in [9.17, 15) is 0 Å². The van der Waals surface area contributed by atoms with E-state index in [0.717, 1.165) is 70.0 Å². The van der Waals surface area contributed by atoms with E-state index in [2.05, 4.69) is 38.0 Å². The van der Waals surface area contributed by atoms with Crippen LogP contribution >= 0.6 is 0 Å². The molecule has 2 aliphatic rings. The number of rotatable bonds is 7. The summed E-state index contributed by atoms with van der Waals surface area (Å²) in [6, 6.07) is 8.39. The van der Waals surface area contributed by atoms with Gasteiger partial charge in [-0.2, -0.15) is 0 Å². The van der Waals surface area contributed by atoms with Gasteiger partial charge in [0.15, 0.2) is 0 Å². The molecule has 29 heavy (non-hydrogen) atoms. The first-order chi connectivity index (χ1) is 14.3. The predicted octanol–water partition coefficient (Wildman–Crippen LogP) is 3.17. The molecule has 2 aliphatic heterocycles. The van der Waals surface area contributed by atoms with Crippen LogP contribution in [0.3, 0.4) is 0 Å². The molecule has 0 amide bonds. The number of aryl methyl sites for hydroxylation is 1. The van der Waals surface area contributed by atoms with Crippen molar-refractivity contribution in [2.45, 2.75) is 32.2 Å². The van der Waals surface area contributed by atoms with Crippen molar-refractivity contribution in [2.24, 2.45) is 5.92 Å². The lowest BCUT2D eigenvalue weighted by Crippen LogP contribution is -2.37. The van der Waals surface area contributed by atoms with Crippen LogP contribution in [0.4, 0.5) is 5.95 Å². The van der Waals surface area contributed by atoms with Crippen LogP contribution in [-0.4, -0.2) is 61.4 Å². The van der Waals surface area contributed by atoms with Crippen molar-refractivity contribution in [1.82, 2.24) is 14.9 Å². The van der Waals surface area contributed by atoms with Gasteiger partial charge in [-0.1, -0.05) is 18.2 Å². The molecule has 1 aromatic heterocycles. The number of likely N-dealkylation sites (tertiary alicyclic amines) is 1. The average Bonchev–Trinajstić information content (AvgIpc) is 2.80. The molecule has 2 saturated heterocycles. The third-order valence-electron chi connectivity index (χ3n) is 6.11. The standard InChI is InChI=1S/C23H32N4O2/c1-28-22-5-3-2-4-21(22)7-6-19-8-10-26(11-9-19)18-20-16-24-23(25-17-20)27-12-14-29-15-13-27/h2-5,16-17,19H,6-15,18H2,1H3. The Balaban J connectivity index is 1.21. The number of morpholine rings is 1. The van der Waals surface area contributed by atoms with Crippen molar-refractivity contribution in [1.29, 1.82) is 0 Å². The maximum absolute atomic E-state index is 5.49. The summed E-state index contributed by atoms with van der Waals surface area (Å²) in [4.78, 5) is 13.9. The van der Waals surface area contributed by atoms with Gasteiger partial charge in [0.2, 0.25) is 5.95 Å². The molecule has 4 rings (SSSR count). The van der Waals surface area contributed by atoms with Crippen LogP contribution < -0.4 is 9.64 Å². The second-order valence-electron chi connectivity index (χ2n) is 8.06. The number of benzene rings is 1. The fourth-order valence-electron chi connectivity index (χ4n) is 4.32. The summed E-state index contributed by atoms with van der Waals surface area (Å²) < 4.78 is 10.9. The third-order valence-corrected chi connectivity index (χ3v) is 6.11. The summed E-state index contributed by atoms with van der Waals surface area (Å²) in [5, 5.41) is 0. The largest absolute Gasteiger partial charge is 0.496 e. The Kier molecular flexibility index (Phi) is 6.96. The molecule has 0 bridgehead atoms. The number of hydrogen-bond donors (Lipinski definition) is 0. The lowest BCUT2D eigenvalue weighted by molar-refractivity contribution is 0.122. The summed E-state index contributed by atoms with van der Waals surface area (Å²) in [5.74, 6) is 2.65. The minimum atomic E-state index is 0.761. The molecule has 0 unspecified atom stereocenters. The Hall–Kier alpha value is -2.18. The second-order valence-corrected chi connectivity index (χ2v) is 8.06. The Morgan fingerprint density at radius 2 is 1.76 bits per heavy atom. The van der Waals surface area contributed by atoms with Gasteiger partial charge in [0, 0.05) is 37.6 Å². The van der Waals surface area contributed by atoms with Gasteiger partial charge >= 0.3 is 0 Å². The molecule has 2 aromatic rings. The molecule has 3 heterocycles. The van der Waals surface area contributed by atoms with Crippen molar-refractivity contribution in [2.75, 3.05) is 51.4 Å². The number of piperidine rings is 1. The molecular weight excluding hydrogens is 364 g/mol. The lowest BCUT2D eigenvalue weighted by atomic mass is 9.90. The summed E-state index contributed by atoms with van der Waals surface area (Å²) >= 11 is 0. The van der Waals surface area contributed by atoms with Crippen LogP contribution in [0, 0.1) is 5.92 Å². The maximum Gasteiger partial charge on any atom is 0.225 e. The molecule has 0 radical (unpaired) electrons. The first-order valence-electron chi connectivity index (χ1n) is 10.8. The molecule has 156 valence electrons. The lowest BCUT2D eigenvalue weighted by Gasteiger charge is -2.32. The number of nitrogens with zero attached hydrogens (tertiary/aromatic N) is 4. The SMILES string of the molecule is COc1ccccc1CCC1CCN(Cc2cnc(N3CCOCC3)nc2)CC1. The van der Waals surface area contributed by atoms with Gasteiger partial charge in [-0.25, -0.2) is 9.97 Å². The van der Waals surface area contributed by atoms with E-state index in [4.69, 9.17) is 9.47 Å². The smallest absolute Gasteiger partial charge is 0.225 e. The van der Waals surface area contributed by atoms with E-state index in [0.29, 0.717) is 0 Å². The van der Waals surface area contributed by atoms with Crippen LogP contribution in [-0.2, 0) is 17.7 Å². The summed E-state index contributed by atoms with van der Waals surface area (Å²) in [5.41, 5.74) is 2.53. The van der Waals surface area contributed by atoms with Gasteiger partial charge in [0.1, 0.15) is 5.75 Å². The summed E-state index contributed by atoms with van der Waals surface area (Å²) in [6.45, 7) is 6.53. The highest BCUT2D eigenvalue weighted by Gasteiger charge is 2.20. The molecule has 2 fully saturated rings. The zero-order valence-electron chi connectivity index (χ0n) is 17.4. The van der Waals surface area contributed by atoms with Gasteiger partial charge < -0.3 is 14.4 Å². The van der Waals surface area contributed by atoms with E-state index >= 15 is 0 Å². The molecule has 0 N–H and O–H groups in total. The van der Waals surface area contributed by atoms with Gasteiger partial charge in [0.25, 0.3) is 0 Å². The Morgan fingerprint density at radius 1 is 1.03 bits per heavy atom. The molecule has 0 atom stereocenters. The third kappa shape index (κ3) is 5.46. The molecular formula is C23H32N4O2. The number of methoxy groups -OCH3 is 1. The molecule has 0 saturated carbocycles. The van der Waals surface area contributed by atoms with Gasteiger partial charge in [0.05, 0.1) is 20.3 Å². The minimum Gasteiger partial charge on any atom is -0.496 e. The van der Waals surface area contributed by atoms with Gasteiger partial charge in [-0.05, 0) is 56.3 Å². The van der Waals surface area contributed by atoms with Crippen LogP contribution in [0.15, 0.2) is 36.7 Å². The van der Waals surface area contributed by atoms with E-state index in [-0.39, 0.29) is 0 Å². The van der Waals surface area contributed by atoms with E-state index in [1.165, 1.54) is 30.4 Å². The number of anilines is 1. The topological polar surface area (TPSA) is 50.7 Å². The molecule has 1 aromatic carbocycles. The van der Waals surface area contributed by atoms with Crippen LogP contribution in [0.5, 0.6) is 5.75 Å².